The fourth-order valence-electron chi connectivity index (χ4n) is 5.29. The lowest BCUT2D eigenvalue weighted by molar-refractivity contribution is -0.122. The molecule has 0 N–H and O–H groups in total. The number of pyridine rings is 1. The van der Waals surface area contributed by atoms with Crippen LogP contribution in [0.25, 0.3) is 11.7 Å². The molecule has 4 aromatic rings. The van der Waals surface area contributed by atoms with Crippen LogP contribution in [0, 0.1) is 11.7 Å². The number of rotatable bonds is 6. The van der Waals surface area contributed by atoms with Crippen LogP contribution in [0.5, 0.6) is 0 Å². The molecule has 0 aliphatic carbocycles. The maximum Gasteiger partial charge on any atom is 0.267 e. The Kier molecular flexibility index (Phi) is 7.49. The van der Waals surface area contributed by atoms with Crippen molar-refractivity contribution in [2.75, 3.05) is 18.0 Å². The van der Waals surface area contributed by atoms with Gasteiger partial charge in [-0.05, 0) is 66.6 Å². The first kappa shape index (κ1) is 26.4. The van der Waals surface area contributed by atoms with Crippen molar-refractivity contribution in [3.63, 3.8) is 0 Å². The first-order chi connectivity index (χ1) is 19.5. The Bertz CT molecular complexity index is 1660. The van der Waals surface area contributed by atoms with E-state index in [1.54, 1.807) is 30.5 Å². The topological polar surface area (TPSA) is 57.9 Å². The molecule has 6 nitrogen and oxygen atoms in total. The Morgan fingerprint density at radius 2 is 1.68 bits per heavy atom. The van der Waals surface area contributed by atoms with Crippen molar-refractivity contribution in [3.8, 4) is 0 Å². The van der Waals surface area contributed by atoms with Gasteiger partial charge in [-0.1, -0.05) is 72.5 Å². The van der Waals surface area contributed by atoms with Gasteiger partial charge in [0.05, 0.1) is 17.0 Å². The minimum Gasteiger partial charge on any atom is -0.356 e. The number of hydrogen-bond acceptors (Lipinski definition) is 6. The second-order valence-electron chi connectivity index (χ2n) is 10.1. The Hall–Kier alpha value is -3.82. The van der Waals surface area contributed by atoms with Crippen LogP contribution in [0.4, 0.5) is 10.2 Å². The number of nitrogens with zero attached hydrogens (tertiary/aromatic N) is 4. The predicted molar refractivity (Wildman–Crippen MR) is 162 cm³/mol. The average molecular weight is 571 g/mol. The summed E-state index contributed by atoms with van der Waals surface area (Å²) in [6.45, 7) is 1.79. The van der Waals surface area contributed by atoms with Gasteiger partial charge in [-0.3, -0.25) is 18.9 Å². The average Bonchev–Trinajstić information content (AvgIpc) is 3.24. The van der Waals surface area contributed by atoms with Crippen LogP contribution in [0.2, 0.25) is 0 Å². The maximum absolute atomic E-state index is 13.7. The lowest BCUT2D eigenvalue weighted by Gasteiger charge is -2.33. The zero-order chi connectivity index (χ0) is 27.6. The summed E-state index contributed by atoms with van der Waals surface area (Å²) in [5.41, 5.74) is 2.83. The summed E-state index contributed by atoms with van der Waals surface area (Å²) in [6.07, 6.45) is 6.35. The second kappa shape index (κ2) is 11.3. The number of halogens is 1. The number of benzene rings is 2. The molecule has 0 spiro atoms. The van der Waals surface area contributed by atoms with Crippen molar-refractivity contribution in [2.24, 2.45) is 5.92 Å². The van der Waals surface area contributed by atoms with E-state index in [1.807, 2.05) is 18.2 Å². The molecule has 0 atom stereocenters. The van der Waals surface area contributed by atoms with Gasteiger partial charge in [0.2, 0.25) is 0 Å². The number of carbonyl (C=O) groups is 1. The molecule has 40 heavy (non-hydrogen) atoms. The summed E-state index contributed by atoms with van der Waals surface area (Å²) >= 11 is 6.68. The molecule has 2 aliphatic rings. The molecule has 1 amide bonds. The molecule has 0 radical (unpaired) electrons. The lowest BCUT2D eigenvalue weighted by atomic mass is 9.90. The van der Waals surface area contributed by atoms with Crippen LogP contribution in [-0.2, 0) is 17.8 Å². The van der Waals surface area contributed by atoms with E-state index in [-0.39, 0.29) is 23.8 Å². The van der Waals surface area contributed by atoms with Crippen LogP contribution in [-0.4, -0.2) is 37.6 Å². The molecular formula is C31H27FN4O2S2. The smallest absolute Gasteiger partial charge is 0.267 e. The first-order valence-corrected chi connectivity index (χ1v) is 14.5. The van der Waals surface area contributed by atoms with Crippen molar-refractivity contribution in [2.45, 2.75) is 25.8 Å². The van der Waals surface area contributed by atoms with Crippen LogP contribution in [0.3, 0.4) is 0 Å². The second-order valence-corrected chi connectivity index (χ2v) is 11.8. The highest BCUT2D eigenvalue weighted by Gasteiger charge is 2.33. The third-order valence-corrected chi connectivity index (χ3v) is 8.81. The van der Waals surface area contributed by atoms with Gasteiger partial charge < -0.3 is 4.90 Å². The lowest BCUT2D eigenvalue weighted by Crippen LogP contribution is -2.37. The van der Waals surface area contributed by atoms with E-state index in [9.17, 15) is 14.0 Å². The fraction of sp³-hybridized carbons (Fsp3) is 0.226. The molecule has 0 saturated carbocycles. The highest BCUT2D eigenvalue weighted by Crippen LogP contribution is 2.35. The Morgan fingerprint density at radius 3 is 2.42 bits per heavy atom. The highest BCUT2D eigenvalue weighted by molar-refractivity contribution is 8.26. The number of amides is 1. The zero-order valence-electron chi connectivity index (χ0n) is 21.7. The van der Waals surface area contributed by atoms with E-state index in [0.29, 0.717) is 32.2 Å². The molecule has 2 saturated heterocycles. The Morgan fingerprint density at radius 1 is 0.950 bits per heavy atom. The fourth-order valence-corrected chi connectivity index (χ4v) is 6.53. The van der Waals surface area contributed by atoms with Crippen LogP contribution in [0.1, 0.15) is 29.5 Å². The number of piperidine rings is 1. The number of fused-ring (bicyclic) bond motifs is 1. The number of anilines is 1. The third kappa shape index (κ3) is 5.44. The van der Waals surface area contributed by atoms with Crippen molar-refractivity contribution < 1.29 is 9.18 Å². The molecule has 2 aliphatic heterocycles. The van der Waals surface area contributed by atoms with Gasteiger partial charge in [0.1, 0.15) is 21.6 Å². The van der Waals surface area contributed by atoms with Crippen molar-refractivity contribution in [1.82, 2.24) is 14.3 Å². The van der Waals surface area contributed by atoms with Gasteiger partial charge in [-0.15, -0.1) is 0 Å². The van der Waals surface area contributed by atoms with Gasteiger partial charge in [-0.2, -0.15) is 0 Å². The van der Waals surface area contributed by atoms with E-state index < -0.39 is 0 Å². The van der Waals surface area contributed by atoms with E-state index in [1.165, 1.54) is 38.8 Å². The van der Waals surface area contributed by atoms with Gasteiger partial charge in [0.15, 0.2) is 0 Å². The zero-order valence-corrected chi connectivity index (χ0v) is 23.3. The number of thioether (sulfide) groups is 1. The van der Waals surface area contributed by atoms with Crippen LogP contribution in [0.15, 0.2) is 88.7 Å². The van der Waals surface area contributed by atoms with Gasteiger partial charge in [-0.25, -0.2) is 9.37 Å². The molecule has 2 aromatic carbocycles. The first-order valence-electron chi connectivity index (χ1n) is 13.3. The molecule has 2 aromatic heterocycles. The highest BCUT2D eigenvalue weighted by atomic mass is 32.2. The summed E-state index contributed by atoms with van der Waals surface area (Å²) in [5.74, 6) is 0.545. The largest absolute Gasteiger partial charge is 0.356 e. The summed E-state index contributed by atoms with van der Waals surface area (Å²) in [4.78, 5) is 36.1. The van der Waals surface area contributed by atoms with E-state index in [4.69, 9.17) is 17.2 Å². The Labute approximate surface area is 241 Å². The van der Waals surface area contributed by atoms with Gasteiger partial charge in [0, 0.05) is 19.3 Å². The molecule has 6 rings (SSSR count). The summed E-state index contributed by atoms with van der Waals surface area (Å²) < 4.78 is 15.3. The minimum atomic E-state index is -0.338. The number of carbonyl (C=O) groups excluding carboxylic acids is 1. The molecule has 0 unspecified atom stereocenters. The molecule has 9 heteroatoms. The van der Waals surface area contributed by atoms with E-state index >= 15 is 0 Å². The van der Waals surface area contributed by atoms with Gasteiger partial charge in [0.25, 0.3) is 11.5 Å². The third-order valence-electron chi connectivity index (χ3n) is 7.43. The summed E-state index contributed by atoms with van der Waals surface area (Å²) in [5, 5.41) is 0. The van der Waals surface area contributed by atoms with Crippen LogP contribution < -0.4 is 10.5 Å². The monoisotopic (exact) mass is 570 g/mol. The van der Waals surface area contributed by atoms with Crippen molar-refractivity contribution >= 4 is 51.7 Å². The maximum atomic E-state index is 13.7. The molecule has 4 heterocycles. The van der Waals surface area contributed by atoms with Crippen molar-refractivity contribution in [1.29, 1.82) is 0 Å². The van der Waals surface area contributed by atoms with E-state index in [2.05, 4.69) is 29.2 Å². The number of thiocarbonyl (C=S) groups is 1. The molecule has 2 fully saturated rings. The molecule has 202 valence electrons. The summed E-state index contributed by atoms with van der Waals surface area (Å²) in [7, 11) is 0. The quantitative estimate of drug-likeness (QED) is 0.219. The number of aromatic nitrogens is 2. The Balaban J connectivity index is 1.29. The minimum absolute atomic E-state index is 0.226. The standard InChI is InChI=1S/C31H27FN4O2S2/c32-24-11-9-23(10-12-24)20-36-30(38)26(40-31(36)39)19-25-28(33-27-8-4-5-15-35(27)29(25)37)34-16-13-22(14-17-34)18-21-6-2-1-3-7-21/h1-12,15,19,22H,13-14,16-18,20H2/b26-19-. The molecule has 0 bridgehead atoms. The summed E-state index contributed by atoms with van der Waals surface area (Å²) in [6, 6.07) is 22.0. The predicted octanol–water partition coefficient (Wildman–Crippen LogP) is 5.69. The normalized spacial score (nSPS) is 17.4. The molecular weight excluding hydrogens is 543 g/mol. The van der Waals surface area contributed by atoms with Crippen LogP contribution >= 0.6 is 24.0 Å². The number of hydrogen-bond donors (Lipinski definition) is 0. The van der Waals surface area contributed by atoms with E-state index in [0.717, 1.165) is 37.9 Å². The van der Waals surface area contributed by atoms with Gasteiger partial charge >= 0.3 is 0 Å². The SMILES string of the molecule is O=C1/C(=C/c2c(N3CCC(Cc4ccccc4)CC3)nc3ccccn3c2=O)SC(=S)N1Cc1ccc(F)cc1. The van der Waals surface area contributed by atoms with Crippen molar-refractivity contribution in [3.05, 3.63) is 117 Å².